The van der Waals surface area contributed by atoms with Crippen LogP contribution in [-0.4, -0.2) is 62.1 Å². The predicted molar refractivity (Wildman–Crippen MR) is 189 cm³/mol. The zero-order valence-electron chi connectivity index (χ0n) is 28.0. The summed E-state index contributed by atoms with van der Waals surface area (Å²) in [7, 11) is 0. The van der Waals surface area contributed by atoms with E-state index in [9.17, 15) is 14.7 Å². The van der Waals surface area contributed by atoms with Crippen molar-refractivity contribution in [1.82, 2.24) is 0 Å². The van der Waals surface area contributed by atoms with Crippen molar-refractivity contribution >= 4 is 34.5 Å². The second kappa shape index (κ2) is 13.0. The number of nitrogens with zero attached hydrogens (tertiary/aromatic N) is 3. The first-order chi connectivity index (χ1) is 23.5. The highest BCUT2D eigenvalue weighted by Gasteiger charge is 2.38. The molecule has 0 aromatic heterocycles. The van der Waals surface area contributed by atoms with Gasteiger partial charge in [0.05, 0.1) is 11.3 Å². The lowest BCUT2D eigenvalue weighted by molar-refractivity contribution is -0.132. The molecule has 2 aromatic rings. The number of carboxylic acid groups (broad SMARTS) is 1. The van der Waals surface area contributed by atoms with Crippen LogP contribution in [0.5, 0.6) is 11.5 Å². The standard InChI is InChI=1S/C40H45N3O5/c1-2-3-20-47-21-8-13-34(44)41-27-14-15-28(31(24-27)40(45)46)35-32-22-25-9-4-16-42-18-6-11-29(36(25)42)38(32)48-39-30-12-7-19-43-17-5-10-26(37(30)43)23-33(35)39/h14-15,22-24H,2-13,16-21H2,1H3,(H,45,46). The van der Waals surface area contributed by atoms with E-state index in [0.29, 0.717) is 30.9 Å². The van der Waals surface area contributed by atoms with Gasteiger partial charge >= 0.3 is 5.97 Å². The van der Waals surface area contributed by atoms with Crippen molar-refractivity contribution in [3.05, 3.63) is 74.9 Å². The second-order valence-electron chi connectivity index (χ2n) is 14.0. The Morgan fingerprint density at radius 1 is 0.833 bits per heavy atom. The minimum Gasteiger partial charge on any atom is -0.478 e. The minimum atomic E-state index is -1.03. The Morgan fingerprint density at radius 2 is 1.42 bits per heavy atom. The molecule has 1 amide bonds. The molecule has 5 heterocycles. The second-order valence-corrected chi connectivity index (χ2v) is 14.0. The summed E-state index contributed by atoms with van der Waals surface area (Å²) in [5.74, 6) is 0.497. The third kappa shape index (κ3) is 5.48. The van der Waals surface area contributed by atoms with Crippen molar-refractivity contribution < 1.29 is 24.2 Å². The van der Waals surface area contributed by atoms with Gasteiger partial charge in [0.15, 0.2) is 0 Å². The molecule has 2 aromatic carbocycles. The van der Waals surface area contributed by atoms with E-state index in [1.54, 1.807) is 12.2 Å². The summed E-state index contributed by atoms with van der Waals surface area (Å²) in [4.78, 5) is 35.2. The largest absolute Gasteiger partial charge is 0.478 e. The lowest BCUT2D eigenvalue weighted by Crippen LogP contribution is -2.36. The molecule has 48 heavy (non-hydrogen) atoms. The van der Waals surface area contributed by atoms with Crippen molar-refractivity contribution in [2.24, 2.45) is 4.99 Å². The molecule has 250 valence electrons. The molecule has 6 aliphatic rings. The molecule has 8 heteroatoms. The van der Waals surface area contributed by atoms with E-state index in [2.05, 4.69) is 33.8 Å². The molecule has 0 unspecified atom stereocenters. The number of benzene rings is 2. The zero-order chi connectivity index (χ0) is 32.8. The van der Waals surface area contributed by atoms with Crippen molar-refractivity contribution in [3.8, 4) is 11.5 Å². The molecule has 0 radical (unpaired) electrons. The molecule has 0 spiro atoms. The van der Waals surface area contributed by atoms with Crippen molar-refractivity contribution in [3.63, 3.8) is 0 Å². The quantitative estimate of drug-likeness (QED) is 0.260. The molecular weight excluding hydrogens is 602 g/mol. The van der Waals surface area contributed by atoms with Gasteiger partial charge in [-0.15, -0.1) is 0 Å². The molecule has 0 atom stereocenters. The van der Waals surface area contributed by atoms with Gasteiger partial charge in [0, 0.05) is 85.0 Å². The van der Waals surface area contributed by atoms with Crippen molar-refractivity contribution in [2.75, 3.05) is 49.2 Å². The molecule has 0 saturated carbocycles. The van der Waals surface area contributed by atoms with Gasteiger partial charge in [-0.1, -0.05) is 19.4 Å². The maximum absolute atomic E-state index is 13.0. The SMILES string of the molecule is CCCCOCCCC(=O)N=C1C=CC(=C2c3cc4c5c(c3Oc3c2cc2c6c3CCCN6CCC2)CCCN5CCC4)C(C(=O)O)=C1. The van der Waals surface area contributed by atoms with Crippen LogP contribution < -0.4 is 14.5 Å². The van der Waals surface area contributed by atoms with Gasteiger partial charge in [-0.2, -0.15) is 0 Å². The van der Waals surface area contributed by atoms with E-state index < -0.39 is 5.97 Å². The Hall–Kier alpha value is -4.17. The predicted octanol–water partition coefficient (Wildman–Crippen LogP) is 7.14. The van der Waals surface area contributed by atoms with Gasteiger partial charge in [-0.3, -0.25) is 4.79 Å². The summed E-state index contributed by atoms with van der Waals surface area (Å²) in [5.41, 5.74) is 11.9. The molecule has 0 fully saturated rings. The third-order valence-corrected chi connectivity index (χ3v) is 10.8. The van der Waals surface area contributed by atoms with Crippen LogP contribution in [0.1, 0.15) is 91.7 Å². The fraction of sp³-hybridized carbons (Fsp3) is 0.475. The Balaban J connectivity index is 1.26. The monoisotopic (exact) mass is 647 g/mol. The number of ether oxygens (including phenoxy) is 2. The Labute approximate surface area is 282 Å². The highest BCUT2D eigenvalue weighted by atomic mass is 16.5. The van der Waals surface area contributed by atoms with Gasteiger partial charge < -0.3 is 24.4 Å². The van der Waals surface area contributed by atoms with Crippen molar-refractivity contribution in [1.29, 1.82) is 0 Å². The average Bonchev–Trinajstić information content (AvgIpc) is 3.10. The summed E-state index contributed by atoms with van der Waals surface area (Å²) in [6.07, 6.45) is 16.5. The van der Waals surface area contributed by atoms with Crippen LogP contribution in [0.15, 0.2) is 46.5 Å². The fourth-order valence-corrected chi connectivity index (χ4v) is 8.67. The number of rotatable bonds is 8. The maximum Gasteiger partial charge on any atom is 0.336 e. The Kier molecular flexibility index (Phi) is 8.45. The van der Waals surface area contributed by atoms with Crippen LogP contribution >= 0.6 is 0 Å². The number of anilines is 2. The number of allylic oxidation sites excluding steroid dienone is 3. The fourth-order valence-electron chi connectivity index (χ4n) is 8.67. The van der Waals surface area contributed by atoms with E-state index in [-0.39, 0.29) is 17.9 Å². The molecule has 0 bridgehead atoms. The number of fused-ring (bicyclic) bond motifs is 4. The van der Waals surface area contributed by atoms with E-state index in [0.717, 1.165) is 119 Å². The van der Waals surface area contributed by atoms with Gasteiger partial charge in [-0.25, -0.2) is 9.79 Å². The molecule has 5 aliphatic heterocycles. The minimum absolute atomic E-state index is 0.154. The number of carbonyl (C=O) groups is 2. The van der Waals surface area contributed by atoms with Crippen LogP contribution in [0.4, 0.5) is 11.4 Å². The van der Waals surface area contributed by atoms with Crippen LogP contribution in [0.2, 0.25) is 0 Å². The summed E-state index contributed by atoms with van der Waals surface area (Å²) in [6, 6.07) is 4.58. The van der Waals surface area contributed by atoms with Crippen LogP contribution in [0, 0.1) is 0 Å². The van der Waals surface area contributed by atoms with Gasteiger partial charge in [0.1, 0.15) is 11.5 Å². The van der Waals surface area contributed by atoms with Gasteiger partial charge in [0.2, 0.25) is 5.91 Å². The lowest BCUT2D eigenvalue weighted by Gasteiger charge is -2.42. The summed E-state index contributed by atoms with van der Waals surface area (Å²) in [5, 5.41) is 10.7. The smallest absolute Gasteiger partial charge is 0.336 e. The maximum atomic E-state index is 13.0. The number of carboxylic acids is 1. The normalized spacial score (nSPS) is 19.7. The van der Waals surface area contributed by atoms with E-state index in [4.69, 9.17) is 9.47 Å². The Bertz CT molecular complexity index is 1730. The molecule has 8 nitrogen and oxygen atoms in total. The number of aliphatic imine (C=N–C) groups is 1. The zero-order valence-corrected chi connectivity index (χ0v) is 28.0. The molecule has 0 saturated heterocycles. The summed E-state index contributed by atoms with van der Waals surface area (Å²) in [6.45, 7) is 7.61. The lowest BCUT2D eigenvalue weighted by atomic mass is 9.78. The molecular formula is C40H45N3O5. The number of carbonyl (C=O) groups excluding carboxylic acids is 1. The number of hydrogen-bond donors (Lipinski definition) is 1. The van der Waals surface area contributed by atoms with Crippen LogP contribution in [-0.2, 0) is 40.0 Å². The highest BCUT2D eigenvalue weighted by molar-refractivity contribution is 6.17. The Morgan fingerprint density at radius 3 is 2.00 bits per heavy atom. The third-order valence-electron chi connectivity index (χ3n) is 10.8. The van der Waals surface area contributed by atoms with E-state index >= 15 is 0 Å². The first-order valence-corrected chi connectivity index (χ1v) is 18.1. The number of hydrogen-bond acceptors (Lipinski definition) is 6. The number of aliphatic carboxylic acids is 1. The van der Waals surface area contributed by atoms with E-state index in [1.807, 2.05) is 6.08 Å². The molecule has 8 rings (SSSR count). The molecule has 1 N–H and O–H groups in total. The summed E-state index contributed by atoms with van der Waals surface area (Å²) >= 11 is 0. The first kappa shape index (κ1) is 31.1. The van der Waals surface area contributed by atoms with Crippen LogP contribution in [0.25, 0.3) is 5.57 Å². The number of amides is 1. The van der Waals surface area contributed by atoms with Crippen molar-refractivity contribution in [2.45, 2.75) is 84.0 Å². The van der Waals surface area contributed by atoms with Gasteiger partial charge in [-0.05, 0) is 105 Å². The highest BCUT2D eigenvalue weighted by Crippen LogP contribution is 2.56. The van der Waals surface area contributed by atoms with E-state index in [1.165, 1.54) is 33.6 Å². The topological polar surface area (TPSA) is 91.7 Å². The number of unbranched alkanes of at least 4 members (excludes halogenated alkanes) is 1. The molecule has 1 aliphatic carbocycles. The number of aryl methyl sites for hydroxylation is 2. The van der Waals surface area contributed by atoms with Gasteiger partial charge in [0.25, 0.3) is 0 Å². The first-order valence-electron chi connectivity index (χ1n) is 18.1. The van der Waals surface area contributed by atoms with Crippen LogP contribution in [0.3, 0.4) is 0 Å². The average molecular weight is 648 g/mol. The summed E-state index contributed by atoms with van der Waals surface area (Å²) < 4.78 is 12.7.